The van der Waals surface area contributed by atoms with Crippen LogP contribution in [0.4, 0.5) is 15.8 Å². The highest BCUT2D eigenvalue weighted by Crippen LogP contribution is 2.22. The lowest BCUT2D eigenvalue weighted by Gasteiger charge is -2.10. The molecule has 9 heteroatoms. The third kappa shape index (κ3) is 4.38. The maximum Gasteiger partial charge on any atom is 0.340 e. The van der Waals surface area contributed by atoms with Crippen LogP contribution >= 0.6 is 0 Å². The molecule has 1 rings (SSSR count). The summed E-state index contributed by atoms with van der Waals surface area (Å²) < 4.78 is 39.5. The summed E-state index contributed by atoms with van der Waals surface area (Å²) in [5.41, 5.74) is 5.34. The van der Waals surface area contributed by atoms with E-state index in [-0.39, 0.29) is 29.2 Å². The van der Waals surface area contributed by atoms with Gasteiger partial charge >= 0.3 is 5.97 Å². The zero-order chi connectivity index (χ0) is 14.6. The number of carbonyl (C=O) groups excluding carboxylic acids is 1. The molecular weight excluding hydrogens is 277 g/mol. The van der Waals surface area contributed by atoms with Crippen molar-refractivity contribution < 1.29 is 22.3 Å². The standard InChI is InChI=1S/C10H14FN3O4S/c1-18-10(15)6-4-9(7(11)5-8(6)12)14-2-3-19(13,16)17/h4-5,14H,2-3,12H2,1H3,(H2,13,16,17). The fourth-order valence-corrected chi connectivity index (χ4v) is 1.73. The van der Waals surface area contributed by atoms with E-state index in [1.54, 1.807) is 0 Å². The van der Waals surface area contributed by atoms with Crippen molar-refractivity contribution in [2.24, 2.45) is 5.14 Å². The molecule has 0 heterocycles. The average Bonchev–Trinajstić information content (AvgIpc) is 2.29. The predicted octanol–water partition coefficient (Wildman–Crippen LogP) is -0.105. The van der Waals surface area contributed by atoms with Gasteiger partial charge in [-0.05, 0) is 12.1 Å². The molecule has 0 unspecified atom stereocenters. The number of anilines is 2. The van der Waals surface area contributed by atoms with Crippen molar-refractivity contribution in [2.45, 2.75) is 0 Å². The molecule has 0 amide bonds. The number of nitrogens with two attached hydrogens (primary N) is 2. The number of primary sulfonamides is 1. The molecule has 0 aliphatic carbocycles. The molecule has 1 aromatic carbocycles. The zero-order valence-corrected chi connectivity index (χ0v) is 11.0. The van der Waals surface area contributed by atoms with Crippen molar-refractivity contribution in [3.63, 3.8) is 0 Å². The largest absolute Gasteiger partial charge is 0.465 e. The van der Waals surface area contributed by atoms with E-state index < -0.39 is 21.8 Å². The molecule has 106 valence electrons. The lowest BCUT2D eigenvalue weighted by atomic mass is 10.1. The molecular formula is C10H14FN3O4S. The SMILES string of the molecule is COC(=O)c1cc(NCCS(N)(=O)=O)c(F)cc1N. The van der Waals surface area contributed by atoms with Crippen LogP contribution in [-0.2, 0) is 14.8 Å². The molecule has 19 heavy (non-hydrogen) atoms. The van der Waals surface area contributed by atoms with Gasteiger partial charge in [0.2, 0.25) is 10.0 Å². The first-order valence-corrected chi connectivity index (χ1v) is 6.88. The minimum Gasteiger partial charge on any atom is -0.465 e. The van der Waals surface area contributed by atoms with Gasteiger partial charge in [-0.3, -0.25) is 0 Å². The van der Waals surface area contributed by atoms with Crippen molar-refractivity contribution in [3.8, 4) is 0 Å². The minimum absolute atomic E-state index is 0.0120. The highest BCUT2D eigenvalue weighted by molar-refractivity contribution is 7.89. The van der Waals surface area contributed by atoms with Gasteiger partial charge < -0.3 is 15.8 Å². The van der Waals surface area contributed by atoms with E-state index in [9.17, 15) is 17.6 Å². The molecule has 0 bridgehead atoms. The van der Waals surface area contributed by atoms with E-state index >= 15 is 0 Å². The van der Waals surface area contributed by atoms with Crippen molar-refractivity contribution in [3.05, 3.63) is 23.5 Å². The molecule has 0 aromatic heterocycles. The molecule has 5 N–H and O–H groups in total. The number of nitrogen functional groups attached to an aromatic ring is 1. The number of esters is 1. The average molecular weight is 291 g/mol. The van der Waals surface area contributed by atoms with Gasteiger partial charge in [0.25, 0.3) is 0 Å². The summed E-state index contributed by atoms with van der Waals surface area (Å²) in [7, 11) is -2.48. The van der Waals surface area contributed by atoms with Crippen LogP contribution in [0.25, 0.3) is 0 Å². The van der Waals surface area contributed by atoms with Crippen LogP contribution < -0.4 is 16.2 Å². The highest BCUT2D eigenvalue weighted by atomic mass is 32.2. The predicted molar refractivity (Wildman–Crippen MR) is 68.6 cm³/mol. The van der Waals surface area contributed by atoms with Crippen LogP contribution in [0.1, 0.15) is 10.4 Å². The number of hydrogen-bond donors (Lipinski definition) is 3. The number of halogens is 1. The Kier molecular flexibility index (Phi) is 4.67. The smallest absolute Gasteiger partial charge is 0.340 e. The van der Waals surface area contributed by atoms with Gasteiger partial charge in [-0.15, -0.1) is 0 Å². The zero-order valence-electron chi connectivity index (χ0n) is 10.1. The first kappa shape index (κ1) is 15.2. The van der Waals surface area contributed by atoms with Gasteiger partial charge in [0.05, 0.1) is 24.1 Å². The Morgan fingerprint density at radius 3 is 2.63 bits per heavy atom. The maximum absolute atomic E-state index is 13.5. The summed E-state index contributed by atoms with van der Waals surface area (Å²) in [5, 5.41) is 7.32. The van der Waals surface area contributed by atoms with Crippen molar-refractivity contribution >= 4 is 27.4 Å². The number of sulfonamides is 1. The summed E-state index contributed by atoms with van der Waals surface area (Å²) in [6, 6.07) is 2.10. The second-order valence-corrected chi connectivity index (χ2v) is 5.44. The second kappa shape index (κ2) is 5.85. The monoisotopic (exact) mass is 291 g/mol. The number of nitrogens with one attached hydrogen (secondary N) is 1. The van der Waals surface area contributed by atoms with Gasteiger partial charge in [-0.1, -0.05) is 0 Å². The van der Waals surface area contributed by atoms with Crippen LogP contribution in [0.15, 0.2) is 12.1 Å². The van der Waals surface area contributed by atoms with E-state index in [0.717, 1.165) is 12.1 Å². The lowest BCUT2D eigenvalue weighted by molar-refractivity contribution is 0.0602. The van der Waals surface area contributed by atoms with Gasteiger partial charge in [0, 0.05) is 12.2 Å². The van der Waals surface area contributed by atoms with E-state index in [4.69, 9.17) is 10.9 Å². The quantitative estimate of drug-likeness (QED) is 0.513. The molecule has 0 fully saturated rings. The number of methoxy groups -OCH3 is 1. The van der Waals surface area contributed by atoms with Crippen LogP contribution in [0.3, 0.4) is 0 Å². The van der Waals surface area contributed by atoms with E-state index in [1.165, 1.54) is 7.11 Å². The third-order valence-electron chi connectivity index (χ3n) is 2.25. The highest BCUT2D eigenvalue weighted by Gasteiger charge is 2.14. The number of carbonyl (C=O) groups is 1. The third-order valence-corrected chi connectivity index (χ3v) is 3.02. The Morgan fingerprint density at radius 1 is 1.47 bits per heavy atom. The minimum atomic E-state index is -3.65. The maximum atomic E-state index is 13.5. The first-order chi connectivity index (χ1) is 8.74. The Labute approximate surface area is 109 Å². The van der Waals surface area contributed by atoms with Crippen molar-refractivity contribution in [1.29, 1.82) is 0 Å². The fourth-order valence-electron chi connectivity index (χ4n) is 1.34. The Morgan fingerprint density at radius 2 is 2.11 bits per heavy atom. The van der Waals surface area contributed by atoms with Gasteiger partial charge in [0.15, 0.2) is 0 Å². The molecule has 0 aliphatic heterocycles. The molecule has 1 aromatic rings. The van der Waals surface area contributed by atoms with Crippen LogP contribution in [-0.4, -0.2) is 33.8 Å². The number of benzene rings is 1. The van der Waals surface area contributed by atoms with E-state index in [2.05, 4.69) is 10.1 Å². The normalized spacial score (nSPS) is 11.1. The molecule has 0 spiro atoms. The molecule has 7 nitrogen and oxygen atoms in total. The summed E-state index contributed by atoms with van der Waals surface area (Å²) in [6.07, 6.45) is 0. The van der Waals surface area contributed by atoms with Gasteiger partial charge in [-0.2, -0.15) is 0 Å². The fraction of sp³-hybridized carbons (Fsp3) is 0.300. The van der Waals surface area contributed by atoms with E-state index in [1.807, 2.05) is 0 Å². The summed E-state index contributed by atoms with van der Waals surface area (Å²) in [5.74, 6) is -1.80. The number of hydrogen-bond acceptors (Lipinski definition) is 6. The van der Waals surface area contributed by atoms with Crippen LogP contribution in [0.2, 0.25) is 0 Å². The van der Waals surface area contributed by atoms with E-state index in [0.29, 0.717) is 0 Å². The summed E-state index contributed by atoms with van der Waals surface area (Å²) in [6.45, 7) is -0.0969. The van der Waals surface area contributed by atoms with Crippen molar-refractivity contribution in [1.82, 2.24) is 0 Å². The second-order valence-electron chi connectivity index (χ2n) is 3.70. The Hall–Kier alpha value is -1.87. The Bertz CT molecular complexity index is 589. The molecule has 0 atom stereocenters. The molecule has 0 saturated heterocycles. The summed E-state index contributed by atoms with van der Waals surface area (Å²) >= 11 is 0. The topological polar surface area (TPSA) is 125 Å². The molecule has 0 saturated carbocycles. The van der Waals surface area contributed by atoms with Crippen LogP contribution in [0.5, 0.6) is 0 Å². The van der Waals surface area contributed by atoms with Crippen LogP contribution in [0, 0.1) is 5.82 Å². The van der Waals surface area contributed by atoms with Crippen molar-refractivity contribution in [2.75, 3.05) is 30.5 Å². The van der Waals surface area contributed by atoms with Gasteiger partial charge in [-0.25, -0.2) is 22.7 Å². The number of rotatable bonds is 5. The molecule has 0 radical (unpaired) electrons. The molecule has 0 aliphatic rings. The number of ether oxygens (including phenoxy) is 1. The lowest BCUT2D eigenvalue weighted by Crippen LogP contribution is -2.22. The van der Waals surface area contributed by atoms with Gasteiger partial charge in [0.1, 0.15) is 5.82 Å². The Balaban J connectivity index is 2.92. The summed E-state index contributed by atoms with van der Waals surface area (Å²) in [4.78, 5) is 11.4. The first-order valence-electron chi connectivity index (χ1n) is 5.16.